The van der Waals surface area contributed by atoms with E-state index >= 15 is 8.78 Å². The van der Waals surface area contributed by atoms with Gasteiger partial charge in [0.2, 0.25) is 0 Å². The van der Waals surface area contributed by atoms with Gasteiger partial charge in [0, 0.05) is 60.6 Å². The van der Waals surface area contributed by atoms with E-state index in [4.69, 9.17) is 0 Å². The van der Waals surface area contributed by atoms with Gasteiger partial charge >= 0.3 is 0 Å². The molecule has 36 heavy (non-hydrogen) atoms. The smallest absolute Gasteiger partial charge is 0.133 e. The minimum Gasteiger partial charge on any atom is -0.392 e. The van der Waals surface area contributed by atoms with Gasteiger partial charge in [0.15, 0.2) is 0 Å². The minimum atomic E-state index is -0.610. The molecule has 0 spiro atoms. The Bertz CT molecular complexity index is 1210. The number of aromatic nitrogens is 1. The lowest BCUT2D eigenvalue weighted by atomic mass is 9.91. The Hall–Kier alpha value is -2.81. The van der Waals surface area contributed by atoms with Gasteiger partial charge in [-0.25, -0.2) is 8.78 Å². The van der Waals surface area contributed by atoms with E-state index in [1.165, 1.54) is 12.1 Å². The van der Waals surface area contributed by atoms with Crippen molar-refractivity contribution in [2.75, 3.05) is 51.3 Å². The number of H-pyrrole nitrogens is 1. The lowest BCUT2D eigenvalue weighted by molar-refractivity contribution is 0.155. The third kappa shape index (κ3) is 4.90. The Balaban J connectivity index is 1.44. The Morgan fingerprint density at radius 3 is 2.61 bits per heavy atom. The number of hydrogen-bond acceptors (Lipinski definition) is 4. The van der Waals surface area contributed by atoms with Gasteiger partial charge in [-0.3, -0.25) is 14.2 Å². The van der Waals surface area contributed by atoms with E-state index in [-0.39, 0.29) is 24.9 Å². The first-order valence-corrected chi connectivity index (χ1v) is 12.6. The molecule has 8 heteroatoms. The second-order valence-corrected chi connectivity index (χ2v) is 9.91. The summed E-state index contributed by atoms with van der Waals surface area (Å²) in [5, 5.41) is 13.7. The fourth-order valence-corrected chi connectivity index (χ4v) is 5.53. The van der Waals surface area contributed by atoms with Crippen LogP contribution in [0.1, 0.15) is 35.7 Å². The van der Waals surface area contributed by atoms with Gasteiger partial charge < -0.3 is 15.4 Å². The molecule has 0 unspecified atom stereocenters. The van der Waals surface area contributed by atoms with E-state index in [0.29, 0.717) is 43.7 Å². The molecule has 2 aliphatic rings. The lowest BCUT2D eigenvalue weighted by Crippen LogP contribution is -2.54. The number of aliphatic hydroxyl groups excluding tert-OH is 1. The maximum Gasteiger partial charge on any atom is 0.133 e. The monoisotopic (exact) mass is 498 g/mol. The number of anilines is 1. The van der Waals surface area contributed by atoms with Gasteiger partial charge in [-0.05, 0) is 43.0 Å². The average Bonchev–Trinajstić information content (AvgIpc) is 3.22. The van der Waals surface area contributed by atoms with Crippen molar-refractivity contribution in [3.05, 3.63) is 77.0 Å². The third-order valence-corrected chi connectivity index (χ3v) is 7.40. The number of rotatable bonds is 10. The van der Waals surface area contributed by atoms with Crippen molar-refractivity contribution in [3.63, 3.8) is 0 Å². The van der Waals surface area contributed by atoms with E-state index < -0.39 is 17.7 Å². The van der Waals surface area contributed by atoms with E-state index in [9.17, 15) is 9.50 Å². The largest absolute Gasteiger partial charge is 0.392 e. The molecule has 0 amide bonds. The number of likely N-dealkylation sites (tertiary alicyclic amines) is 1. The van der Waals surface area contributed by atoms with Crippen LogP contribution in [-0.4, -0.2) is 71.9 Å². The summed E-state index contributed by atoms with van der Waals surface area (Å²) in [6.07, 6.45) is 1.82. The van der Waals surface area contributed by atoms with Crippen molar-refractivity contribution >= 4 is 16.6 Å². The number of nitrogens with one attached hydrogen (secondary N) is 2. The zero-order valence-corrected chi connectivity index (χ0v) is 20.4. The van der Waals surface area contributed by atoms with Crippen molar-refractivity contribution in [1.29, 1.82) is 0 Å². The predicted octanol–water partition coefficient (Wildman–Crippen LogP) is 4.79. The molecular weight excluding hydrogens is 465 g/mol. The molecular formula is C28H33F3N4O. The first kappa shape index (κ1) is 24.9. The Labute approximate surface area is 209 Å². The molecule has 0 bridgehead atoms. The molecule has 0 aliphatic carbocycles. The summed E-state index contributed by atoms with van der Waals surface area (Å²) in [5.74, 6) is -1.18. The van der Waals surface area contributed by atoms with Crippen LogP contribution < -0.4 is 5.32 Å². The molecule has 0 radical (unpaired) electrons. The fourth-order valence-electron chi connectivity index (χ4n) is 5.53. The number of fused-ring (bicyclic) bond motifs is 3. The summed E-state index contributed by atoms with van der Waals surface area (Å²) < 4.78 is 43.7. The van der Waals surface area contributed by atoms with Crippen molar-refractivity contribution in [3.8, 4) is 0 Å². The molecule has 2 aromatic carbocycles. The lowest BCUT2D eigenvalue weighted by Gasteiger charge is -2.40. The quantitative estimate of drug-likeness (QED) is 0.352. The molecule has 0 saturated carbocycles. The molecule has 192 valence electrons. The van der Waals surface area contributed by atoms with Gasteiger partial charge in [0.1, 0.15) is 11.6 Å². The van der Waals surface area contributed by atoms with Gasteiger partial charge in [-0.2, -0.15) is 0 Å². The summed E-state index contributed by atoms with van der Waals surface area (Å²) in [4.78, 5) is 7.63. The standard InChI is InChI=1S/C28H33F3N4O/c1-18(17-36)7-11-35-12-8-22-21-5-2-3-6-25(21)33-27(22)28(35)26-23(30)13-19(14-24(26)31)32-20-15-34(16-20)10-4-9-29/h2-3,5-6,13-14,20,28,32-33,36H,1,4,7-12,15-17H2/t28-/m1/s1. The average molecular weight is 499 g/mol. The van der Waals surface area contributed by atoms with Crippen LogP contribution in [0.4, 0.5) is 18.9 Å². The summed E-state index contributed by atoms with van der Waals surface area (Å²) in [6, 6.07) is 10.2. The van der Waals surface area contributed by atoms with E-state index in [1.807, 2.05) is 24.3 Å². The van der Waals surface area contributed by atoms with E-state index in [1.54, 1.807) is 0 Å². The van der Waals surface area contributed by atoms with Crippen LogP contribution in [0.2, 0.25) is 0 Å². The molecule has 1 aromatic heterocycles. The number of nitrogens with zero attached hydrogens (tertiary/aromatic N) is 2. The first-order chi connectivity index (χ1) is 17.5. The van der Waals surface area contributed by atoms with E-state index in [2.05, 4.69) is 26.7 Å². The van der Waals surface area contributed by atoms with Crippen LogP contribution in [-0.2, 0) is 6.42 Å². The summed E-state index contributed by atoms with van der Waals surface area (Å²) >= 11 is 0. The van der Waals surface area contributed by atoms with Crippen molar-refractivity contribution in [2.45, 2.75) is 31.3 Å². The number of alkyl halides is 1. The highest BCUT2D eigenvalue weighted by molar-refractivity contribution is 5.85. The maximum absolute atomic E-state index is 15.7. The molecule has 1 saturated heterocycles. The molecule has 3 heterocycles. The van der Waals surface area contributed by atoms with Crippen molar-refractivity contribution < 1.29 is 18.3 Å². The zero-order chi connectivity index (χ0) is 25.2. The maximum atomic E-state index is 15.7. The van der Waals surface area contributed by atoms with Crippen molar-refractivity contribution in [1.82, 2.24) is 14.8 Å². The number of hydrogen-bond donors (Lipinski definition) is 3. The second-order valence-electron chi connectivity index (χ2n) is 9.91. The van der Waals surface area contributed by atoms with Gasteiger partial charge in [0.05, 0.1) is 25.4 Å². The zero-order valence-electron chi connectivity index (χ0n) is 20.4. The number of halogens is 3. The summed E-state index contributed by atoms with van der Waals surface area (Å²) in [6.45, 7) is 6.78. The molecule has 3 N–H and O–H groups in total. The van der Waals surface area contributed by atoms with E-state index in [0.717, 1.165) is 41.7 Å². The van der Waals surface area contributed by atoms with Crippen LogP contribution in [0.25, 0.3) is 10.9 Å². The minimum absolute atomic E-state index is 0.0286. The van der Waals surface area contributed by atoms with Crippen molar-refractivity contribution in [2.24, 2.45) is 0 Å². The van der Waals surface area contributed by atoms with Crippen LogP contribution >= 0.6 is 0 Å². The SMILES string of the molecule is C=C(CO)CCN1CCc2c([nH]c3ccccc23)[C@H]1c1c(F)cc(NC2CN(CCCF)C2)cc1F. The first-order valence-electron chi connectivity index (χ1n) is 12.6. The number of aromatic amines is 1. The van der Waals surface area contributed by atoms with Gasteiger partial charge in [0.25, 0.3) is 0 Å². The third-order valence-electron chi connectivity index (χ3n) is 7.40. The molecule has 1 fully saturated rings. The molecule has 1 atom stereocenters. The second kappa shape index (κ2) is 10.7. The summed E-state index contributed by atoms with van der Waals surface area (Å²) in [7, 11) is 0. The summed E-state index contributed by atoms with van der Waals surface area (Å²) in [5.41, 5.74) is 4.00. The van der Waals surface area contributed by atoms with Gasteiger partial charge in [-0.1, -0.05) is 30.4 Å². The Morgan fingerprint density at radius 2 is 1.89 bits per heavy atom. The van der Waals surface area contributed by atoms with Crippen LogP contribution in [0.5, 0.6) is 0 Å². The molecule has 3 aromatic rings. The topological polar surface area (TPSA) is 54.5 Å². The molecule has 5 rings (SSSR count). The number of para-hydroxylation sites is 1. The Morgan fingerprint density at radius 1 is 1.14 bits per heavy atom. The van der Waals surface area contributed by atoms with Gasteiger partial charge in [-0.15, -0.1) is 0 Å². The van der Waals surface area contributed by atoms with Crippen LogP contribution in [0.15, 0.2) is 48.6 Å². The number of aliphatic hydroxyl groups is 1. The normalized spacial score (nSPS) is 18.8. The fraction of sp³-hybridized carbons (Fsp3) is 0.429. The molecule has 2 aliphatic heterocycles. The highest BCUT2D eigenvalue weighted by Gasteiger charge is 2.35. The Kier molecular flexibility index (Phi) is 7.37. The predicted molar refractivity (Wildman–Crippen MR) is 137 cm³/mol. The highest BCUT2D eigenvalue weighted by Crippen LogP contribution is 2.41. The van der Waals surface area contributed by atoms with Crippen LogP contribution in [0.3, 0.4) is 0 Å². The highest BCUT2D eigenvalue weighted by atomic mass is 19.1. The molecule has 5 nitrogen and oxygen atoms in total. The number of benzene rings is 2. The van der Waals surface area contributed by atoms with Crippen LogP contribution in [0, 0.1) is 11.6 Å².